The van der Waals surface area contributed by atoms with Crippen molar-refractivity contribution in [1.82, 2.24) is 14.7 Å². The summed E-state index contributed by atoms with van der Waals surface area (Å²) in [6.07, 6.45) is -4.72. The number of rotatable bonds is 5. The van der Waals surface area contributed by atoms with Gasteiger partial charge in [0.2, 0.25) is 5.91 Å². The largest absolute Gasteiger partial charge is 0.480 e. The number of amides is 3. The van der Waals surface area contributed by atoms with Crippen LogP contribution in [0.15, 0.2) is 0 Å². The molecule has 116 valence electrons. The number of carboxylic acids is 1. The molecule has 20 heavy (non-hydrogen) atoms. The van der Waals surface area contributed by atoms with Crippen LogP contribution in [0.4, 0.5) is 18.0 Å². The standard InChI is InChI=1S/C10H16F3N3O4/c1-14(2)7(17)4-15(3)9(20)16(5-8(18)19)6-10(11,12)13/h4-6H2,1-3H3,(H,18,19). The van der Waals surface area contributed by atoms with Crippen molar-refractivity contribution >= 4 is 17.9 Å². The van der Waals surface area contributed by atoms with Crippen LogP contribution in [0.25, 0.3) is 0 Å². The Morgan fingerprint density at radius 1 is 1.05 bits per heavy atom. The number of aliphatic carboxylic acids is 1. The Balaban J connectivity index is 4.84. The average molecular weight is 299 g/mol. The normalized spacial score (nSPS) is 10.9. The van der Waals surface area contributed by atoms with E-state index in [1.807, 2.05) is 0 Å². The zero-order chi connectivity index (χ0) is 16.1. The third-order valence-electron chi connectivity index (χ3n) is 2.16. The molecule has 10 heteroatoms. The molecule has 3 amide bonds. The lowest BCUT2D eigenvalue weighted by atomic mass is 10.4. The van der Waals surface area contributed by atoms with Gasteiger partial charge in [0.1, 0.15) is 19.6 Å². The van der Waals surface area contributed by atoms with Gasteiger partial charge in [-0.3, -0.25) is 9.59 Å². The minimum atomic E-state index is -4.72. The minimum absolute atomic E-state index is 0.116. The molecule has 0 saturated carbocycles. The molecule has 0 aliphatic carbocycles. The minimum Gasteiger partial charge on any atom is -0.480 e. The highest BCUT2D eigenvalue weighted by atomic mass is 19.4. The van der Waals surface area contributed by atoms with Crippen molar-refractivity contribution in [2.45, 2.75) is 6.18 Å². The van der Waals surface area contributed by atoms with Gasteiger partial charge in [0.15, 0.2) is 0 Å². The summed E-state index contributed by atoms with van der Waals surface area (Å²) in [5, 5.41) is 8.53. The molecule has 0 unspecified atom stereocenters. The zero-order valence-electron chi connectivity index (χ0n) is 11.3. The third-order valence-corrected chi connectivity index (χ3v) is 2.16. The highest BCUT2D eigenvalue weighted by molar-refractivity contribution is 5.85. The van der Waals surface area contributed by atoms with E-state index in [4.69, 9.17) is 5.11 Å². The molecule has 0 aromatic carbocycles. The van der Waals surface area contributed by atoms with Crippen LogP contribution in [-0.2, 0) is 9.59 Å². The Hall–Kier alpha value is -2.00. The summed E-state index contributed by atoms with van der Waals surface area (Å²) >= 11 is 0. The fraction of sp³-hybridized carbons (Fsp3) is 0.700. The second kappa shape index (κ2) is 6.96. The SMILES string of the molecule is CN(C)C(=O)CN(C)C(=O)N(CC(=O)O)CC(F)(F)F. The number of urea groups is 1. The molecule has 0 radical (unpaired) electrons. The van der Waals surface area contributed by atoms with Crippen LogP contribution in [0.3, 0.4) is 0 Å². The Morgan fingerprint density at radius 3 is 1.90 bits per heavy atom. The number of alkyl halides is 3. The summed E-state index contributed by atoms with van der Waals surface area (Å²) in [6.45, 7) is -3.24. The maximum atomic E-state index is 12.3. The van der Waals surface area contributed by atoms with Gasteiger partial charge >= 0.3 is 18.2 Å². The summed E-state index contributed by atoms with van der Waals surface area (Å²) in [5.41, 5.74) is 0. The summed E-state index contributed by atoms with van der Waals surface area (Å²) in [4.78, 5) is 35.6. The molecule has 0 aromatic rings. The monoisotopic (exact) mass is 299 g/mol. The van der Waals surface area contributed by atoms with Crippen LogP contribution in [0.2, 0.25) is 0 Å². The number of carbonyl (C=O) groups is 3. The zero-order valence-corrected chi connectivity index (χ0v) is 11.3. The highest BCUT2D eigenvalue weighted by Crippen LogP contribution is 2.17. The third kappa shape index (κ3) is 6.81. The Morgan fingerprint density at radius 2 is 1.55 bits per heavy atom. The number of likely N-dealkylation sites (N-methyl/N-ethyl adjacent to an activating group) is 2. The first kappa shape index (κ1) is 18.0. The van der Waals surface area contributed by atoms with Crippen LogP contribution in [-0.4, -0.2) is 84.7 Å². The van der Waals surface area contributed by atoms with E-state index in [2.05, 4.69) is 0 Å². The van der Waals surface area contributed by atoms with Crippen molar-refractivity contribution in [3.05, 3.63) is 0 Å². The molecule has 7 nitrogen and oxygen atoms in total. The fourth-order valence-electron chi connectivity index (χ4n) is 1.22. The second-order valence-electron chi connectivity index (χ2n) is 4.29. The number of carbonyl (C=O) groups excluding carboxylic acids is 2. The van der Waals surface area contributed by atoms with Crippen LogP contribution in [0, 0.1) is 0 Å². The van der Waals surface area contributed by atoms with Gasteiger partial charge in [-0.05, 0) is 0 Å². The fourth-order valence-corrected chi connectivity index (χ4v) is 1.22. The summed E-state index contributed by atoms with van der Waals surface area (Å²) < 4.78 is 36.9. The van der Waals surface area contributed by atoms with Gasteiger partial charge in [-0.15, -0.1) is 0 Å². The van der Waals surface area contributed by atoms with Crippen LogP contribution < -0.4 is 0 Å². The first-order valence-electron chi connectivity index (χ1n) is 5.42. The van der Waals surface area contributed by atoms with E-state index in [0.29, 0.717) is 0 Å². The molecule has 0 spiro atoms. The van der Waals surface area contributed by atoms with Crippen LogP contribution in [0.1, 0.15) is 0 Å². The predicted octanol–water partition coefficient (Wildman–Crippen LogP) is 0.0753. The highest BCUT2D eigenvalue weighted by Gasteiger charge is 2.35. The molecular weight excluding hydrogens is 283 g/mol. The van der Waals surface area contributed by atoms with Gasteiger partial charge in [-0.25, -0.2) is 4.79 Å². The van der Waals surface area contributed by atoms with Crippen molar-refractivity contribution in [2.24, 2.45) is 0 Å². The van der Waals surface area contributed by atoms with Gasteiger partial charge < -0.3 is 19.8 Å². The lowest BCUT2D eigenvalue weighted by molar-refractivity contribution is -0.149. The van der Waals surface area contributed by atoms with Gasteiger partial charge in [0, 0.05) is 21.1 Å². The lowest BCUT2D eigenvalue weighted by Gasteiger charge is -2.28. The predicted molar refractivity (Wildman–Crippen MR) is 62.0 cm³/mol. The molecular formula is C10H16F3N3O4. The van der Waals surface area contributed by atoms with E-state index in [-0.39, 0.29) is 4.90 Å². The van der Waals surface area contributed by atoms with Crippen molar-refractivity contribution in [1.29, 1.82) is 0 Å². The van der Waals surface area contributed by atoms with Crippen molar-refractivity contribution < 1.29 is 32.7 Å². The Kier molecular flexibility index (Phi) is 6.27. The number of carboxylic acid groups (broad SMARTS) is 1. The van der Waals surface area contributed by atoms with Crippen molar-refractivity contribution in [3.63, 3.8) is 0 Å². The van der Waals surface area contributed by atoms with Crippen molar-refractivity contribution in [3.8, 4) is 0 Å². The maximum Gasteiger partial charge on any atom is 0.406 e. The van der Waals surface area contributed by atoms with Gasteiger partial charge in [-0.1, -0.05) is 0 Å². The molecule has 0 atom stereocenters. The van der Waals surface area contributed by atoms with Gasteiger partial charge in [0.05, 0.1) is 0 Å². The molecule has 0 aliphatic heterocycles. The van der Waals surface area contributed by atoms with Crippen LogP contribution in [0.5, 0.6) is 0 Å². The quantitative estimate of drug-likeness (QED) is 0.779. The topological polar surface area (TPSA) is 81.2 Å². The van der Waals surface area contributed by atoms with E-state index < -0.39 is 43.7 Å². The first-order valence-corrected chi connectivity index (χ1v) is 5.42. The molecule has 1 N–H and O–H groups in total. The van der Waals surface area contributed by atoms with Crippen LogP contribution >= 0.6 is 0 Å². The van der Waals surface area contributed by atoms with E-state index in [0.717, 1.165) is 16.8 Å². The van der Waals surface area contributed by atoms with E-state index in [1.54, 1.807) is 0 Å². The van der Waals surface area contributed by atoms with E-state index >= 15 is 0 Å². The summed E-state index contributed by atoms with van der Waals surface area (Å²) in [7, 11) is 3.96. The van der Waals surface area contributed by atoms with E-state index in [9.17, 15) is 27.6 Å². The van der Waals surface area contributed by atoms with Gasteiger partial charge in [0.25, 0.3) is 0 Å². The summed E-state index contributed by atoms with van der Waals surface area (Å²) in [5.74, 6) is -2.07. The Bertz CT molecular complexity index is 384. The molecule has 0 saturated heterocycles. The average Bonchev–Trinajstić information content (AvgIpc) is 2.24. The first-order chi connectivity index (χ1) is 8.94. The Labute approximate surface area is 113 Å². The number of halogens is 3. The maximum absolute atomic E-state index is 12.3. The lowest BCUT2D eigenvalue weighted by Crippen LogP contribution is -2.49. The van der Waals surface area contributed by atoms with Gasteiger partial charge in [-0.2, -0.15) is 13.2 Å². The number of nitrogens with zero attached hydrogens (tertiary/aromatic N) is 3. The molecule has 0 heterocycles. The van der Waals surface area contributed by atoms with Crippen molar-refractivity contribution in [2.75, 3.05) is 40.8 Å². The molecule has 0 aromatic heterocycles. The summed E-state index contributed by atoms with van der Waals surface area (Å²) in [6, 6.07) is -1.18. The van der Waals surface area contributed by atoms with E-state index in [1.165, 1.54) is 14.1 Å². The number of hydrogen-bond donors (Lipinski definition) is 1. The second-order valence-corrected chi connectivity index (χ2v) is 4.29. The number of hydrogen-bond acceptors (Lipinski definition) is 3. The molecule has 0 bridgehead atoms. The molecule has 0 fully saturated rings. The smallest absolute Gasteiger partial charge is 0.406 e. The molecule has 0 rings (SSSR count). The molecule has 0 aliphatic rings.